The van der Waals surface area contributed by atoms with Gasteiger partial charge in [0, 0.05) is 41.8 Å². The lowest BCUT2D eigenvalue weighted by atomic mass is 10.3. The summed E-state index contributed by atoms with van der Waals surface area (Å²) in [5.74, 6) is 0.681. The van der Waals surface area contributed by atoms with E-state index in [1.54, 1.807) is 11.3 Å². The molecule has 3 aromatic rings. The first kappa shape index (κ1) is 16.2. The Labute approximate surface area is 137 Å². The molecule has 0 aliphatic carbocycles. The van der Waals surface area contributed by atoms with Gasteiger partial charge in [-0.25, -0.2) is 19.9 Å². The van der Waals surface area contributed by atoms with Crippen LogP contribution in [0.5, 0.6) is 0 Å². The topological polar surface area (TPSA) is 79.7 Å². The van der Waals surface area contributed by atoms with Gasteiger partial charge in [-0.15, -0.1) is 23.7 Å². The summed E-state index contributed by atoms with van der Waals surface area (Å²) in [6, 6.07) is 4.01. The Kier molecular flexibility index (Phi) is 4.94. The maximum atomic E-state index is 11.4. The van der Waals surface area contributed by atoms with Gasteiger partial charge >= 0.3 is 5.69 Å². The second-order valence-corrected chi connectivity index (χ2v) is 5.89. The van der Waals surface area contributed by atoms with Gasteiger partial charge in [0.15, 0.2) is 0 Å². The molecule has 3 rings (SSSR count). The number of nitrogens with zero attached hydrogens (tertiary/aromatic N) is 5. The van der Waals surface area contributed by atoms with Gasteiger partial charge in [-0.1, -0.05) is 0 Å². The van der Waals surface area contributed by atoms with Crippen molar-refractivity contribution in [3.05, 3.63) is 46.2 Å². The fourth-order valence-electron chi connectivity index (χ4n) is 1.85. The number of rotatable bonds is 4. The number of halogens is 1. The van der Waals surface area contributed by atoms with E-state index in [-0.39, 0.29) is 18.1 Å². The molecule has 116 valence electrons. The normalized spacial score (nSPS) is 10.3. The minimum absolute atomic E-state index is 0. The Morgan fingerprint density at radius 2 is 2.00 bits per heavy atom. The third kappa shape index (κ3) is 3.34. The Bertz CT molecular complexity index is 791. The smallest absolute Gasteiger partial charge is 0.343 e. The van der Waals surface area contributed by atoms with Crippen LogP contribution >= 0.6 is 23.7 Å². The first-order valence-corrected chi connectivity index (χ1v) is 7.13. The van der Waals surface area contributed by atoms with Gasteiger partial charge in [-0.3, -0.25) is 4.57 Å². The second-order valence-electron chi connectivity index (χ2n) is 4.72. The van der Waals surface area contributed by atoms with Crippen molar-refractivity contribution in [2.24, 2.45) is 0 Å². The maximum absolute atomic E-state index is 11.4. The van der Waals surface area contributed by atoms with Crippen LogP contribution < -0.4 is 10.6 Å². The first-order valence-electron chi connectivity index (χ1n) is 6.32. The lowest BCUT2D eigenvalue weighted by Gasteiger charge is -2.09. The Hall–Kier alpha value is -2.19. The van der Waals surface area contributed by atoms with Crippen molar-refractivity contribution in [1.82, 2.24) is 24.7 Å². The van der Waals surface area contributed by atoms with Crippen molar-refractivity contribution >= 4 is 29.7 Å². The molecule has 0 fully saturated rings. The molecule has 3 aromatic heterocycles. The molecule has 22 heavy (non-hydrogen) atoms. The van der Waals surface area contributed by atoms with E-state index in [2.05, 4.69) is 20.2 Å². The molecule has 0 aliphatic heterocycles. The van der Waals surface area contributed by atoms with Crippen molar-refractivity contribution < 1.29 is 0 Å². The zero-order valence-electron chi connectivity index (χ0n) is 12.1. The third-order valence-electron chi connectivity index (χ3n) is 2.93. The number of aromatic amines is 1. The number of thiophene rings is 1. The molecular weight excluding hydrogens is 324 g/mol. The van der Waals surface area contributed by atoms with Gasteiger partial charge in [0.05, 0.1) is 6.54 Å². The highest BCUT2D eigenvalue weighted by Crippen LogP contribution is 2.27. The zero-order valence-corrected chi connectivity index (χ0v) is 13.7. The van der Waals surface area contributed by atoms with Gasteiger partial charge in [0.2, 0.25) is 5.95 Å². The number of nitrogens with one attached hydrogen (secondary N) is 1. The molecule has 0 saturated heterocycles. The molecular formula is C13H15ClN6OS. The predicted molar refractivity (Wildman–Crippen MR) is 88.9 cm³/mol. The van der Waals surface area contributed by atoms with Crippen molar-refractivity contribution in [2.75, 3.05) is 19.0 Å². The SMILES string of the molecule is CN(C)c1ncc(-c2ccc(Cn3cn[nH]c3=O)s2)cn1.Cl. The summed E-state index contributed by atoms with van der Waals surface area (Å²) in [6.45, 7) is 0.511. The molecule has 7 nitrogen and oxygen atoms in total. The van der Waals surface area contributed by atoms with Gasteiger partial charge in [0.1, 0.15) is 6.33 Å². The van der Waals surface area contributed by atoms with Crippen molar-refractivity contribution in [1.29, 1.82) is 0 Å². The highest BCUT2D eigenvalue weighted by atomic mass is 35.5. The number of aromatic nitrogens is 5. The van der Waals surface area contributed by atoms with Crippen LogP contribution in [0, 0.1) is 0 Å². The lowest BCUT2D eigenvalue weighted by Crippen LogP contribution is -2.16. The van der Waals surface area contributed by atoms with E-state index in [1.165, 1.54) is 10.9 Å². The summed E-state index contributed by atoms with van der Waals surface area (Å²) >= 11 is 1.61. The second kappa shape index (κ2) is 6.71. The minimum Gasteiger partial charge on any atom is -0.347 e. The molecule has 0 unspecified atom stereocenters. The Balaban J connectivity index is 0.00000176. The first-order chi connectivity index (χ1) is 10.1. The largest absolute Gasteiger partial charge is 0.347 e. The van der Waals surface area contributed by atoms with Crippen LogP contribution in [0.1, 0.15) is 4.88 Å². The molecule has 0 aliphatic rings. The number of hydrogen-bond acceptors (Lipinski definition) is 6. The number of hydrogen-bond donors (Lipinski definition) is 1. The highest BCUT2D eigenvalue weighted by Gasteiger charge is 2.07. The number of H-pyrrole nitrogens is 1. The highest BCUT2D eigenvalue weighted by molar-refractivity contribution is 7.15. The lowest BCUT2D eigenvalue weighted by molar-refractivity contribution is 0.772. The molecule has 0 saturated carbocycles. The van der Waals surface area contributed by atoms with Gasteiger partial charge in [-0.2, -0.15) is 5.10 Å². The molecule has 0 spiro atoms. The average Bonchev–Trinajstić information content (AvgIpc) is 3.10. The monoisotopic (exact) mass is 338 g/mol. The molecule has 0 bridgehead atoms. The van der Waals surface area contributed by atoms with Crippen molar-refractivity contribution in [3.63, 3.8) is 0 Å². The molecule has 0 radical (unpaired) electrons. The summed E-state index contributed by atoms with van der Waals surface area (Å²) in [4.78, 5) is 24.0. The third-order valence-corrected chi connectivity index (χ3v) is 4.05. The molecule has 0 amide bonds. The Morgan fingerprint density at radius 3 is 2.59 bits per heavy atom. The van der Waals surface area contributed by atoms with E-state index in [1.807, 2.05) is 43.5 Å². The van der Waals surface area contributed by atoms with E-state index in [4.69, 9.17) is 0 Å². The molecule has 0 atom stereocenters. The molecule has 1 N–H and O–H groups in total. The summed E-state index contributed by atoms with van der Waals surface area (Å²) in [7, 11) is 3.81. The van der Waals surface area contributed by atoms with E-state index in [0.717, 1.165) is 15.3 Å². The van der Waals surface area contributed by atoms with Crippen LogP contribution in [0.15, 0.2) is 35.6 Å². The van der Waals surface area contributed by atoms with Crippen LogP contribution in [-0.2, 0) is 6.54 Å². The van der Waals surface area contributed by atoms with Crippen LogP contribution in [0.25, 0.3) is 10.4 Å². The van der Waals surface area contributed by atoms with E-state index in [9.17, 15) is 4.79 Å². The quantitative estimate of drug-likeness (QED) is 0.782. The summed E-state index contributed by atoms with van der Waals surface area (Å²) in [6.07, 6.45) is 5.11. The average molecular weight is 339 g/mol. The molecule has 9 heteroatoms. The van der Waals surface area contributed by atoms with E-state index >= 15 is 0 Å². The van der Waals surface area contributed by atoms with Gasteiger partial charge < -0.3 is 4.90 Å². The fourth-order valence-corrected chi connectivity index (χ4v) is 2.83. The molecule has 0 aromatic carbocycles. The van der Waals surface area contributed by atoms with Crippen LogP contribution in [-0.4, -0.2) is 38.8 Å². The van der Waals surface area contributed by atoms with Gasteiger partial charge in [-0.05, 0) is 12.1 Å². The number of anilines is 1. The van der Waals surface area contributed by atoms with Crippen molar-refractivity contribution in [2.45, 2.75) is 6.54 Å². The zero-order chi connectivity index (χ0) is 14.8. The fraction of sp³-hybridized carbons (Fsp3) is 0.231. The van der Waals surface area contributed by atoms with E-state index in [0.29, 0.717) is 12.5 Å². The Morgan fingerprint density at radius 1 is 1.27 bits per heavy atom. The molecule has 3 heterocycles. The minimum atomic E-state index is -0.205. The summed E-state index contributed by atoms with van der Waals surface area (Å²) in [5.41, 5.74) is 0.764. The van der Waals surface area contributed by atoms with Crippen LogP contribution in [0.3, 0.4) is 0 Å². The summed E-state index contributed by atoms with van der Waals surface area (Å²) < 4.78 is 1.53. The van der Waals surface area contributed by atoms with Crippen LogP contribution in [0.2, 0.25) is 0 Å². The predicted octanol–water partition coefficient (Wildman–Crippen LogP) is 1.63. The van der Waals surface area contributed by atoms with Crippen LogP contribution in [0.4, 0.5) is 5.95 Å². The van der Waals surface area contributed by atoms with Gasteiger partial charge in [0.25, 0.3) is 0 Å². The van der Waals surface area contributed by atoms with E-state index < -0.39 is 0 Å². The standard InChI is InChI=1S/C13H14N6OS.ClH/c1-18(2)12-14-5-9(6-15-12)11-4-3-10(21-11)7-19-8-16-17-13(19)20;/h3-6,8H,7H2,1-2H3,(H,17,20);1H. The maximum Gasteiger partial charge on any atom is 0.343 e. The summed E-state index contributed by atoms with van der Waals surface area (Å²) in [5, 5.41) is 6.10. The van der Waals surface area contributed by atoms with Crippen molar-refractivity contribution in [3.8, 4) is 10.4 Å².